The summed E-state index contributed by atoms with van der Waals surface area (Å²) < 4.78 is 0. The van der Waals surface area contributed by atoms with Gasteiger partial charge in [0.2, 0.25) is 5.91 Å². The molecule has 2 aliphatic heterocycles. The van der Waals surface area contributed by atoms with Crippen LogP contribution in [0.3, 0.4) is 0 Å². The van der Waals surface area contributed by atoms with E-state index in [4.69, 9.17) is 0 Å². The van der Waals surface area contributed by atoms with Gasteiger partial charge in [0.25, 0.3) is 0 Å². The first-order valence-electron chi connectivity index (χ1n) is 5.95. The lowest BCUT2D eigenvalue weighted by Crippen LogP contribution is -2.49. The highest BCUT2D eigenvalue weighted by Crippen LogP contribution is 2.16. The highest BCUT2D eigenvalue weighted by atomic mass is 16.3. The van der Waals surface area contributed by atoms with Gasteiger partial charge in [0, 0.05) is 26.1 Å². The molecule has 1 saturated heterocycles. The summed E-state index contributed by atoms with van der Waals surface area (Å²) >= 11 is 0. The number of carbonyl (C=O) groups excluding carboxylic acids is 1. The fourth-order valence-corrected chi connectivity index (χ4v) is 2.51. The molecule has 0 saturated carbocycles. The third-order valence-corrected chi connectivity index (χ3v) is 3.50. The van der Waals surface area contributed by atoms with Gasteiger partial charge < -0.3 is 15.0 Å². The first kappa shape index (κ1) is 10.7. The van der Waals surface area contributed by atoms with Crippen molar-refractivity contribution in [3.05, 3.63) is 17.7 Å². The second-order valence-corrected chi connectivity index (χ2v) is 4.69. The molecule has 0 aromatic carbocycles. The summed E-state index contributed by atoms with van der Waals surface area (Å²) in [4.78, 5) is 21.2. The van der Waals surface area contributed by atoms with Crippen molar-refractivity contribution < 1.29 is 9.90 Å². The van der Waals surface area contributed by atoms with Crippen LogP contribution in [0.4, 0.5) is 0 Å². The first-order chi connectivity index (χ1) is 8.24. The Morgan fingerprint density at radius 2 is 2.47 bits per heavy atom. The predicted molar refractivity (Wildman–Crippen MR) is 60.1 cm³/mol. The number of rotatable bonds is 1. The molecule has 3 N–H and O–H groups in total. The second kappa shape index (κ2) is 4.12. The fraction of sp³-hybridized carbons (Fsp3) is 0.636. The zero-order chi connectivity index (χ0) is 11.8. The molecule has 1 fully saturated rings. The minimum Gasteiger partial charge on any atom is -0.391 e. The van der Waals surface area contributed by atoms with E-state index in [2.05, 4.69) is 15.3 Å². The molecular weight excluding hydrogens is 220 g/mol. The monoisotopic (exact) mass is 236 g/mol. The van der Waals surface area contributed by atoms with Gasteiger partial charge in [-0.2, -0.15) is 0 Å². The molecule has 6 heteroatoms. The van der Waals surface area contributed by atoms with Crippen LogP contribution in [0.15, 0.2) is 6.33 Å². The van der Waals surface area contributed by atoms with Gasteiger partial charge in [0.05, 0.1) is 29.9 Å². The van der Waals surface area contributed by atoms with Crippen molar-refractivity contribution in [3.63, 3.8) is 0 Å². The number of nitrogens with zero attached hydrogens (tertiary/aromatic N) is 2. The molecule has 3 heterocycles. The highest BCUT2D eigenvalue weighted by molar-refractivity contribution is 5.82. The van der Waals surface area contributed by atoms with Crippen LogP contribution in [-0.2, 0) is 17.8 Å². The summed E-state index contributed by atoms with van der Waals surface area (Å²) in [5, 5.41) is 12.6. The van der Waals surface area contributed by atoms with Gasteiger partial charge in [-0.3, -0.25) is 10.1 Å². The summed E-state index contributed by atoms with van der Waals surface area (Å²) in [6, 6.07) is -0.198. The van der Waals surface area contributed by atoms with E-state index in [0.717, 1.165) is 11.4 Å². The van der Waals surface area contributed by atoms with E-state index in [1.54, 1.807) is 11.2 Å². The standard InChI is InChI=1S/C11H16N4O2/c16-7-1-2-15(5-7)11(17)9-3-8-10(4-12-9)14-6-13-8/h6-7,9,12,16H,1-5H2,(H,13,14). The van der Waals surface area contributed by atoms with Gasteiger partial charge in [0.15, 0.2) is 0 Å². The molecule has 2 aliphatic rings. The molecule has 17 heavy (non-hydrogen) atoms. The minimum absolute atomic E-state index is 0.0789. The lowest BCUT2D eigenvalue weighted by Gasteiger charge is -2.26. The molecular formula is C11H16N4O2. The Morgan fingerprint density at radius 3 is 3.24 bits per heavy atom. The summed E-state index contributed by atoms with van der Waals surface area (Å²) in [5.41, 5.74) is 2.04. The number of aromatic nitrogens is 2. The lowest BCUT2D eigenvalue weighted by atomic mass is 10.0. The second-order valence-electron chi connectivity index (χ2n) is 4.69. The number of H-pyrrole nitrogens is 1. The van der Waals surface area contributed by atoms with E-state index >= 15 is 0 Å². The van der Waals surface area contributed by atoms with E-state index in [0.29, 0.717) is 32.5 Å². The largest absolute Gasteiger partial charge is 0.391 e. The smallest absolute Gasteiger partial charge is 0.240 e. The van der Waals surface area contributed by atoms with E-state index in [1.807, 2.05) is 0 Å². The minimum atomic E-state index is -0.358. The maximum Gasteiger partial charge on any atom is 0.240 e. The zero-order valence-corrected chi connectivity index (χ0v) is 9.52. The Kier molecular flexibility index (Phi) is 2.60. The van der Waals surface area contributed by atoms with Crippen molar-refractivity contribution in [3.8, 4) is 0 Å². The third kappa shape index (κ3) is 1.94. The van der Waals surface area contributed by atoms with Crippen molar-refractivity contribution in [2.45, 2.75) is 31.5 Å². The maximum absolute atomic E-state index is 12.2. The van der Waals surface area contributed by atoms with Crippen LogP contribution in [-0.4, -0.2) is 51.1 Å². The van der Waals surface area contributed by atoms with Crippen LogP contribution >= 0.6 is 0 Å². The molecule has 0 bridgehead atoms. The van der Waals surface area contributed by atoms with Gasteiger partial charge in [-0.05, 0) is 6.42 Å². The quantitative estimate of drug-likeness (QED) is 0.585. The average molecular weight is 236 g/mol. The van der Waals surface area contributed by atoms with Crippen molar-refractivity contribution in [1.82, 2.24) is 20.2 Å². The number of carbonyl (C=O) groups is 1. The number of aliphatic hydroxyl groups is 1. The van der Waals surface area contributed by atoms with E-state index < -0.39 is 0 Å². The molecule has 3 rings (SSSR count). The van der Waals surface area contributed by atoms with Gasteiger partial charge in [-0.25, -0.2) is 4.98 Å². The lowest BCUT2D eigenvalue weighted by molar-refractivity contribution is -0.133. The molecule has 6 nitrogen and oxygen atoms in total. The normalized spacial score (nSPS) is 28.2. The molecule has 2 unspecified atom stereocenters. The van der Waals surface area contributed by atoms with E-state index in [9.17, 15) is 9.90 Å². The topological polar surface area (TPSA) is 81.2 Å². The summed E-state index contributed by atoms with van der Waals surface area (Å²) in [6.07, 6.45) is 2.62. The summed E-state index contributed by atoms with van der Waals surface area (Å²) in [5.74, 6) is 0.0789. The molecule has 1 amide bonds. The maximum atomic E-state index is 12.2. The molecule has 1 aromatic rings. The molecule has 2 atom stereocenters. The SMILES string of the molecule is O=C(C1Cc2nc[nH]c2CN1)N1CCC(O)C1. The number of aliphatic hydroxyl groups excluding tert-OH is 1. The number of amides is 1. The van der Waals surface area contributed by atoms with Crippen LogP contribution in [0, 0.1) is 0 Å². The van der Waals surface area contributed by atoms with Gasteiger partial charge >= 0.3 is 0 Å². The fourth-order valence-electron chi connectivity index (χ4n) is 2.51. The highest BCUT2D eigenvalue weighted by Gasteiger charge is 2.32. The number of hydrogen-bond donors (Lipinski definition) is 3. The summed E-state index contributed by atoms with van der Waals surface area (Å²) in [7, 11) is 0. The molecule has 0 spiro atoms. The third-order valence-electron chi connectivity index (χ3n) is 3.50. The van der Waals surface area contributed by atoms with Crippen LogP contribution in [0.25, 0.3) is 0 Å². The van der Waals surface area contributed by atoms with Crippen LogP contribution in [0.1, 0.15) is 17.8 Å². The summed E-state index contributed by atoms with van der Waals surface area (Å²) in [6.45, 7) is 1.78. The Balaban J connectivity index is 1.68. The van der Waals surface area contributed by atoms with Gasteiger partial charge in [0.1, 0.15) is 0 Å². The van der Waals surface area contributed by atoms with Gasteiger partial charge in [-0.15, -0.1) is 0 Å². The molecule has 0 radical (unpaired) electrons. The molecule has 1 aromatic heterocycles. The van der Waals surface area contributed by atoms with Crippen molar-refractivity contribution >= 4 is 5.91 Å². The predicted octanol–water partition coefficient (Wildman–Crippen LogP) is -0.983. The van der Waals surface area contributed by atoms with Crippen LogP contribution in [0.5, 0.6) is 0 Å². The zero-order valence-electron chi connectivity index (χ0n) is 9.52. The van der Waals surface area contributed by atoms with E-state index in [1.165, 1.54) is 0 Å². The van der Waals surface area contributed by atoms with Gasteiger partial charge in [-0.1, -0.05) is 0 Å². The number of likely N-dealkylation sites (tertiary alicyclic amines) is 1. The van der Waals surface area contributed by atoms with Crippen molar-refractivity contribution in [1.29, 1.82) is 0 Å². The molecule has 0 aliphatic carbocycles. The van der Waals surface area contributed by atoms with E-state index in [-0.39, 0.29) is 18.1 Å². The van der Waals surface area contributed by atoms with Crippen molar-refractivity contribution in [2.24, 2.45) is 0 Å². The number of hydrogen-bond acceptors (Lipinski definition) is 4. The van der Waals surface area contributed by atoms with Crippen molar-refractivity contribution in [2.75, 3.05) is 13.1 Å². The van der Waals surface area contributed by atoms with Crippen LogP contribution < -0.4 is 5.32 Å². The number of aromatic amines is 1. The average Bonchev–Trinajstić information content (AvgIpc) is 2.95. The number of nitrogens with one attached hydrogen (secondary N) is 2. The molecule has 92 valence electrons. The Bertz CT molecular complexity index is 431. The number of fused-ring (bicyclic) bond motifs is 1. The first-order valence-corrected chi connectivity index (χ1v) is 5.95. The number of β-amino-alcohol motifs (C(OH)–C–C–N with tert-alkyl or cyclic N) is 1. The Morgan fingerprint density at radius 1 is 1.59 bits per heavy atom. The number of imidazole rings is 1. The Labute approximate surface area is 99.0 Å². The van der Waals surface area contributed by atoms with Crippen LogP contribution in [0.2, 0.25) is 0 Å². The Hall–Kier alpha value is -1.40.